The van der Waals surface area contributed by atoms with Gasteiger partial charge in [-0.25, -0.2) is 4.68 Å². The van der Waals surface area contributed by atoms with Gasteiger partial charge < -0.3 is 9.47 Å². The second-order valence-corrected chi connectivity index (χ2v) is 5.21. The first kappa shape index (κ1) is 15.8. The van der Waals surface area contributed by atoms with Gasteiger partial charge in [0.1, 0.15) is 0 Å². The number of ether oxygens (including phenoxy) is 2. The van der Waals surface area contributed by atoms with Crippen LogP contribution in [-0.2, 0) is 6.54 Å². The highest BCUT2D eigenvalue weighted by Crippen LogP contribution is 2.32. The lowest BCUT2D eigenvalue weighted by atomic mass is 10.1. The van der Waals surface area contributed by atoms with Crippen LogP contribution in [0.4, 0.5) is 0 Å². The highest BCUT2D eigenvalue weighted by atomic mass is 16.5. The Morgan fingerprint density at radius 3 is 2.58 bits per heavy atom. The van der Waals surface area contributed by atoms with Gasteiger partial charge in [0, 0.05) is 5.39 Å². The largest absolute Gasteiger partial charge is 0.493 e. The maximum Gasteiger partial charge on any atom is 0.278 e. The van der Waals surface area contributed by atoms with E-state index in [4.69, 9.17) is 9.47 Å². The van der Waals surface area contributed by atoms with Gasteiger partial charge in [-0.15, -0.1) is 0 Å². The van der Waals surface area contributed by atoms with Crippen LogP contribution < -0.4 is 15.0 Å². The zero-order valence-corrected chi connectivity index (χ0v) is 13.6. The summed E-state index contributed by atoms with van der Waals surface area (Å²) in [6, 6.07) is 13.5. The molecule has 0 radical (unpaired) electrons. The third-order valence-electron chi connectivity index (χ3n) is 3.75. The maximum atomic E-state index is 12.7. The van der Waals surface area contributed by atoms with Crippen molar-refractivity contribution >= 4 is 16.8 Å². The van der Waals surface area contributed by atoms with Crippen molar-refractivity contribution < 1.29 is 9.47 Å². The normalized spacial score (nSPS) is 11.1. The molecule has 1 heterocycles. The molecule has 1 aromatic heterocycles. The van der Waals surface area contributed by atoms with Gasteiger partial charge in [0.05, 0.1) is 32.3 Å². The van der Waals surface area contributed by atoms with Crippen LogP contribution >= 0.6 is 0 Å². The van der Waals surface area contributed by atoms with Crippen LogP contribution in [0.25, 0.3) is 16.8 Å². The summed E-state index contributed by atoms with van der Waals surface area (Å²) >= 11 is 0. The van der Waals surface area contributed by atoms with E-state index in [0.717, 1.165) is 10.9 Å². The molecule has 0 saturated carbocycles. The SMILES string of the molecule is COc1ccc2cnn(CC=Cc3ccccc3)c(=O)c2c1OC. The minimum Gasteiger partial charge on any atom is -0.493 e. The van der Waals surface area contributed by atoms with Gasteiger partial charge in [0.15, 0.2) is 11.5 Å². The first-order valence-electron chi connectivity index (χ1n) is 7.57. The zero-order chi connectivity index (χ0) is 16.9. The molecule has 0 bridgehead atoms. The van der Waals surface area contributed by atoms with E-state index in [-0.39, 0.29) is 5.56 Å². The zero-order valence-electron chi connectivity index (χ0n) is 13.6. The van der Waals surface area contributed by atoms with Gasteiger partial charge in [-0.1, -0.05) is 42.5 Å². The topological polar surface area (TPSA) is 53.4 Å². The number of nitrogens with zero attached hydrogens (tertiary/aromatic N) is 2. The van der Waals surface area contributed by atoms with Crippen molar-refractivity contribution in [3.8, 4) is 11.5 Å². The lowest BCUT2D eigenvalue weighted by molar-refractivity contribution is 0.358. The van der Waals surface area contributed by atoms with Crippen molar-refractivity contribution in [2.45, 2.75) is 6.54 Å². The van der Waals surface area contributed by atoms with Crippen molar-refractivity contribution in [2.75, 3.05) is 14.2 Å². The molecular formula is C19H18N2O3. The van der Waals surface area contributed by atoms with Crippen LogP contribution in [0.3, 0.4) is 0 Å². The van der Waals surface area contributed by atoms with Crippen molar-refractivity contribution in [2.24, 2.45) is 0 Å². The molecule has 0 spiro atoms. The van der Waals surface area contributed by atoms with Gasteiger partial charge in [-0.2, -0.15) is 5.10 Å². The summed E-state index contributed by atoms with van der Waals surface area (Å²) in [5.41, 5.74) is 0.867. The monoisotopic (exact) mass is 322 g/mol. The predicted molar refractivity (Wildman–Crippen MR) is 94.6 cm³/mol. The number of benzene rings is 2. The maximum absolute atomic E-state index is 12.7. The fourth-order valence-corrected chi connectivity index (χ4v) is 2.57. The van der Waals surface area contributed by atoms with E-state index in [1.807, 2.05) is 42.5 Å². The second-order valence-electron chi connectivity index (χ2n) is 5.21. The first-order chi connectivity index (χ1) is 11.7. The van der Waals surface area contributed by atoms with Crippen molar-refractivity contribution in [1.82, 2.24) is 9.78 Å². The third-order valence-corrected chi connectivity index (χ3v) is 3.75. The van der Waals surface area contributed by atoms with Crippen molar-refractivity contribution in [1.29, 1.82) is 0 Å². The number of rotatable bonds is 5. The van der Waals surface area contributed by atoms with E-state index in [1.54, 1.807) is 25.4 Å². The molecule has 5 nitrogen and oxygen atoms in total. The van der Waals surface area contributed by atoms with Crippen LogP contribution in [0.15, 0.2) is 59.5 Å². The molecule has 3 rings (SSSR count). The van der Waals surface area contributed by atoms with Crippen LogP contribution in [0.2, 0.25) is 0 Å². The lowest BCUT2D eigenvalue weighted by Gasteiger charge is -2.11. The summed E-state index contributed by atoms with van der Waals surface area (Å²) < 4.78 is 12.1. The Morgan fingerprint density at radius 2 is 1.88 bits per heavy atom. The van der Waals surface area contributed by atoms with Crippen LogP contribution in [0.1, 0.15) is 5.56 Å². The molecule has 122 valence electrons. The van der Waals surface area contributed by atoms with Crippen molar-refractivity contribution in [3.05, 3.63) is 70.7 Å². The van der Waals surface area contributed by atoms with E-state index >= 15 is 0 Å². The standard InChI is InChI=1S/C19H18N2O3/c1-23-16-11-10-15-13-20-21(19(22)17(15)18(16)24-2)12-6-9-14-7-4-3-5-8-14/h3-11,13H,12H2,1-2H3. The molecular weight excluding hydrogens is 304 g/mol. The first-order valence-corrected chi connectivity index (χ1v) is 7.57. The van der Waals surface area contributed by atoms with Crippen LogP contribution in [-0.4, -0.2) is 24.0 Å². The van der Waals surface area contributed by atoms with Crippen molar-refractivity contribution in [3.63, 3.8) is 0 Å². The Balaban J connectivity index is 1.99. The lowest BCUT2D eigenvalue weighted by Crippen LogP contribution is -2.22. The predicted octanol–water partition coefficient (Wildman–Crippen LogP) is 3.13. The molecule has 3 aromatic rings. The molecule has 0 atom stereocenters. The fraction of sp³-hybridized carbons (Fsp3) is 0.158. The van der Waals surface area contributed by atoms with Crippen LogP contribution in [0, 0.1) is 0 Å². The minimum atomic E-state index is -0.207. The third kappa shape index (κ3) is 3.01. The Bertz CT molecular complexity index is 930. The molecule has 0 unspecified atom stereocenters. The van der Waals surface area contributed by atoms with Gasteiger partial charge in [0.2, 0.25) is 0 Å². The summed E-state index contributed by atoms with van der Waals surface area (Å²) in [7, 11) is 3.07. The smallest absolute Gasteiger partial charge is 0.278 e. The van der Waals surface area contributed by atoms with E-state index in [0.29, 0.717) is 23.4 Å². The second kappa shape index (κ2) is 7.00. The fourth-order valence-electron chi connectivity index (χ4n) is 2.57. The highest BCUT2D eigenvalue weighted by Gasteiger charge is 2.14. The summed E-state index contributed by atoms with van der Waals surface area (Å²) in [6.07, 6.45) is 5.53. The number of allylic oxidation sites excluding steroid dienone is 1. The number of methoxy groups -OCH3 is 2. The molecule has 0 N–H and O–H groups in total. The van der Waals surface area contributed by atoms with Crippen LogP contribution in [0.5, 0.6) is 11.5 Å². The Kier molecular flexibility index (Phi) is 4.61. The van der Waals surface area contributed by atoms with Gasteiger partial charge in [0.25, 0.3) is 5.56 Å². The highest BCUT2D eigenvalue weighted by molar-refractivity contribution is 5.89. The summed E-state index contributed by atoms with van der Waals surface area (Å²) in [5.74, 6) is 0.961. The summed E-state index contributed by atoms with van der Waals surface area (Å²) in [5, 5.41) is 5.42. The van der Waals surface area contributed by atoms with Gasteiger partial charge in [-0.3, -0.25) is 4.79 Å². The molecule has 0 aliphatic carbocycles. The van der Waals surface area contributed by atoms with E-state index in [9.17, 15) is 4.79 Å². The molecule has 0 saturated heterocycles. The Labute approximate surface area is 139 Å². The number of fused-ring (bicyclic) bond motifs is 1. The molecule has 0 amide bonds. The average Bonchev–Trinajstić information content (AvgIpc) is 2.63. The number of hydrogen-bond donors (Lipinski definition) is 0. The molecule has 0 fully saturated rings. The Morgan fingerprint density at radius 1 is 1.08 bits per heavy atom. The van der Waals surface area contributed by atoms with E-state index in [2.05, 4.69) is 5.10 Å². The Hall–Kier alpha value is -3.08. The molecule has 5 heteroatoms. The summed E-state index contributed by atoms with van der Waals surface area (Å²) in [6.45, 7) is 0.379. The van der Waals surface area contributed by atoms with E-state index < -0.39 is 0 Å². The molecule has 0 aliphatic rings. The van der Waals surface area contributed by atoms with E-state index in [1.165, 1.54) is 11.8 Å². The number of aromatic nitrogens is 2. The van der Waals surface area contributed by atoms with Gasteiger partial charge >= 0.3 is 0 Å². The number of hydrogen-bond acceptors (Lipinski definition) is 4. The molecule has 0 aliphatic heterocycles. The molecule has 2 aromatic carbocycles. The molecule has 24 heavy (non-hydrogen) atoms. The average molecular weight is 322 g/mol. The quantitative estimate of drug-likeness (QED) is 0.724. The minimum absolute atomic E-state index is 0.207. The van der Waals surface area contributed by atoms with Gasteiger partial charge in [-0.05, 0) is 17.7 Å². The summed E-state index contributed by atoms with van der Waals surface area (Å²) in [4.78, 5) is 12.7.